The van der Waals surface area contributed by atoms with Gasteiger partial charge in [-0.25, -0.2) is 14.3 Å². The van der Waals surface area contributed by atoms with Crippen molar-refractivity contribution in [2.75, 3.05) is 5.32 Å². The Hall–Kier alpha value is -3.75. The van der Waals surface area contributed by atoms with E-state index in [0.717, 1.165) is 16.8 Å². The van der Waals surface area contributed by atoms with E-state index in [1.165, 1.54) is 11.0 Å². The summed E-state index contributed by atoms with van der Waals surface area (Å²) in [6.45, 7) is 7.28. The summed E-state index contributed by atoms with van der Waals surface area (Å²) in [6.07, 6.45) is 1.79. The molecule has 31 heavy (non-hydrogen) atoms. The zero-order chi connectivity index (χ0) is 22.4. The lowest BCUT2D eigenvalue weighted by Gasteiger charge is -2.25. The number of aryl methyl sites for hydroxylation is 1. The minimum atomic E-state index is -0.842. The van der Waals surface area contributed by atoms with Crippen molar-refractivity contribution in [1.29, 1.82) is 0 Å². The monoisotopic (exact) mass is 422 g/mol. The van der Waals surface area contributed by atoms with Crippen LogP contribution in [0.4, 0.5) is 10.5 Å². The van der Waals surface area contributed by atoms with Crippen molar-refractivity contribution in [2.45, 2.75) is 45.8 Å². The lowest BCUT2D eigenvalue weighted by atomic mass is 10.1. The van der Waals surface area contributed by atoms with Gasteiger partial charge < -0.3 is 15.4 Å². The summed E-state index contributed by atoms with van der Waals surface area (Å²) < 4.78 is 7.01. The van der Waals surface area contributed by atoms with Gasteiger partial charge in [0.1, 0.15) is 18.0 Å². The summed E-state index contributed by atoms with van der Waals surface area (Å²) >= 11 is 0. The van der Waals surface area contributed by atoms with Crippen LogP contribution in [0.1, 0.15) is 31.9 Å². The van der Waals surface area contributed by atoms with Gasteiger partial charge in [-0.2, -0.15) is 0 Å². The Morgan fingerprint density at radius 2 is 1.87 bits per heavy atom. The Morgan fingerprint density at radius 3 is 2.52 bits per heavy atom. The maximum atomic E-state index is 12.7. The first-order chi connectivity index (χ1) is 14.7. The van der Waals surface area contributed by atoms with Gasteiger partial charge >= 0.3 is 12.0 Å². The zero-order valence-electron chi connectivity index (χ0n) is 18.0. The Labute approximate surface area is 180 Å². The number of tetrazole rings is 1. The number of hydrogen-bond acceptors (Lipinski definition) is 6. The van der Waals surface area contributed by atoms with E-state index in [1.807, 2.05) is 43.3 Å². The molecule has 0 fully saturated rings. The molecule has 3 aromatic rings. The molecule has 9 heteroatoms. The van der Waals surface area contributed by atoms with Crippen molar-refractivity contribution < 1.29 is 14.3 Å². The molecule has 0 spiro atoms. The third-order valence-electron chi connectivity index (χ3n) is 4.34. The summed E-state index contributed by atoms with van der Waals surface area (Å²) in [5.41, 5.74) is 2.46. The molecule has 2 N–H and O–H groups in total. The van der Waals surface area contributed by atoms with Crippen molar-refractivity contribution in [2.24, 2.45) is 0 Å². The number of amides is 2. The molecular formula is C22H26N6O3. The molecule has 162 valence electrons. The first kappa shape index (κ1) is 21.9. The summed E-state index contributed by atoms with van der Waals surface area (Å²) in [7, 11) is 0. The van der Waals surface area contributed by atoms with E-state index in [4.69, 9.17) is 4.74 Å². The lowest BCUT2D eigenvalue weighted by molar-refractivity contribution is -0.157. The second kappa shape index (κ2) is 9.38. The molecule has 2 aromatic carbocycles. The number of benzene rings is 2. The maximum Gasteiger partial charge on any atom is 0.329 e. The fourth-order valence-corrected chi connectivity index (χ4v) is 2.95. The number of carbonyl (C=O) groups is 2. The highest BCUT2D eigenvalue weighted by Gasteiger charge is 2.27. The molecule has 2 amide bonds. The summed E-state index contributed by atoms with van der Waals surface area (Å²) in [4.78, 5) is 25.4. The first-order valence-corrected chi connectivity index (χ1v) is 9.89. The molecule has 9 nitrogen and oxygen atoms in total. The van der Waals surface area contributed by atoms with Crippen LogP contribution < -0.4 is 10.6 Å². The zero-order valence-corrected chi connectivity index (χ0v) is 18.0. The van der Waals surface area contributed by atoms with Crippen molar-refractivity contribution in [3.8, 4) is 5.69 Å². The van der Waals surface area contributed by atoms with Crippen LogP contribution in [0.5, 0.6) is 0 Å². The van der Waals surface area contributed by atoms with Crippen LogP contribution in [-0.2, 0) is 16.0 Å². The van der Waals surface area contributed by atoms with E-state index in [-0.39, 0.29) is 0 Å². The molecule has 0 aliphatic heterocycles. The minimum Gasteiger partial charge on any atom is -0.458 e. The van der Waals surface area contributed by atoms with Gasteiger partial charge in [0.25, 0.3) is 0 Å². The van der Waals surface area contributed by atoms with E-state index >= 15 is 0 Å². The molecule has 1 atom stereocenters. The molecule has 1 heterocycles. The van der Waals surface area contributed by atoms with E-state index in [2.05, 4.69) is 26.2 Å². The molecule has 0 unspecified atom stereocenters. The number of hydrogen-bond donors (Lipinski definition) is 2. The molecule has 3 rings (SSSR count). The number of nitrogens with zero attached hydrogens (tertiary/aromatic N) is 4. The van der Waals surface area contributed by atoms with Crippen LogP contribution in [0.2, 0.25) is 0 Å². The van der Waals surface area contributed by atoms with Crippen LogP contribution >= 0.6 is 0 Å². The van der Waals surface area contributed by atoms with E-state index < -0.39 is 23.6 Å². The maximum absolute atomic E-state index is 12.7. The number of ether oxygens (including phenoxy) is 1. The summed E-state index contributed by atoms with van der Waals surface area (Å²) in [5, 5.41) is 16.7. The van der Waals surface area contributed by atoms with Crippen LogP contribution in [0.3, 0.4) is 0 Å². The van der Waals surface area contributed by atoms with Crippen LogP contribution in [-0.4, -0.2) is 43.9 Å². The van der Waals surface area contributed by atoms with Gasteiger partial charge in [0, 0.05) is 12.1 Å². The second-order valence-electron chi connectivity index (χ2n) is 8.13. The number of urea groups is 1. The quantitative estimate of drug-likeness (QED) is 0.591. The fraction of sp³-hybridized carbons (Fsp3) is 0.318. The molecule has 0 aliphatic carbocycles. The predicted octanol–water partition coefficient (Wildman–Crippen LogP) is 3.05. The SMILES string of the molecule is Cc1ccc(NC(=O)N[C@@H](Cc2ccccc2)C(=O)OC(C)(C)C)cc1-n1cnnn1. The van der Waals surface area contributed by atoms with Crippen molar-refractivity contribution >= 4 is 17.7 Å². The summed E-state index contributed by atoms with van der Waals surface area (Å²) in [6, 6.07) is 13.5. The normalized spacial score (nSPS) is 12.1. The van der Waals surface area contributed by atoms with Gasteiger partial charge in [-0.15, -0.1) is 5.10 Å². The topological polar surface area (TPSA) is 111 Å². The van der Waals surface area contributed by atoms with Gasteiger partial charge in [0.05, 0.1) is 5.69 Å². The molecule has 0 radical (unpaired) electrons. The number of nitrogens with one attached hydrogen (secondary N) is 2. The highest BCUT2D eigenvalue weighted by molar-refractivity contribution is 5.93. The summed E-state index contributed by atoms with van der Waals surface area (Å²) in [5.74, 6) is -0.496. The van der Waals surface area contributed by atoms with Gasteiger partial charge in [-0.3, -0.25) is 0 Å². The number of esters is 1. The largest absolute Gasteiger partial charge is 0.458 e. The minimum absolute atomic E-state index is 0.312. The predicted molar refractivity (Wildman–Crippen MR) is 116 cm³/mol. The average molecular weight is 422 g/mol. The number of aromatic nitrogens is 4. The van der Waals surface area contributed by atoms with Gasteiger partial charge in [0.2, 0.25) is 0 Å². The first-order valence-electron chi connectivity index (χ1n) is 9.89. The standard InChI is InChI=1S/C22H26N6O3/c1-15-10-11-17(13-19(15)28-14-23-26-27-28)24-21(30)25-18(20(29)31-22(2,3)4)12-16-8-6-5-7-9-16/h5-11,13-14,18H,12H2,1-4H3,(H2,24,25,30)/t18-/m0/s1. The lowest BCUT2D eigenvalue weighted by Crippen LogP contribution is -2.47. The van der Waals surface area contributed by atoms with E-state index in [0.29, 0.717) is 12.1 Å². The van der Waals surface area contributed by atoms with Crippen molar-refractivity contribution in [3.05, 3.63) is 66.0 Å². The fourth-order valence-electron chi connectivity index (χ4n) is 2.95. The Morgan fingerprint density at radius 1 is 1.13 bits per heavy atom. The van der Waals surface area contributed by atoms with Crippen LogP contribution in [0, 0.1) is 6.92 Å². The van der Waals surface area contributed by atoms with Crippen molar-refractivity contribution in [3.63, 3.8) is 0 Å². The Balaban J connectivity index is 1.74. The van der Waals surface area contributed by atoms with Gasteiger partial charge in [0.15, 0.2) is 0 Å². The highest BCUT2D eigenvalue weighted by Crippen LogP contribution is 2.18. The van der Waals surface area contributed by atoms with Gasteiger partial charge in [-0.1, -0.05) is 36.4 Å². The van der Waals surface area contributed by atoms with Crippen LogP contribution in [0.15, 0.2) is 54.9 Å². The molecular weight excluding hydrogens is 396 g/mol. The Kier molecular flexibility index (Phi) is 6.64. The molecule has 0 saturated heterocycles. The molecule has 0 saturated carbocycles. The molecule has 0 aliphatic rings. The second-order valence-corrected chi connectivity index (χ2v) is 8.13. The van der Waals surface area contributed by atoms with E-state index in [9.17, 15) is 9.59 Å². The smallest absolute Gasteiger partial charge is 0.329 e. The number of carbonyl (C=O) groups excluding carboxylic acids is 2. The van der Waals surface area contributed by atoms with E-state index in [1.54, 1.807) is 32.9 Å². The number of rotatable bonds is 6. The average Bonchev–Trinajstić information content (AvgIpc) is 3.23. The highest BCUT2D eigenvalue weighted by atomic mass is 16.6. The van der Waals surface area contributed by atoms with Crippen molar-refractivity contribution in [1.82, 2.24) is 25.5 Å². The third kappa shape index (κ3) is 6.36. The van der Waals surface area contributed by atoms with Crippen LogP contribution in [0.25, 0.3) is 5.69 Å². The molecule has 0 bridgehead atoms. The molecule has 1 aromatic heterocycles. The third-order valence-corrected chi connectivity index (χ3v) is 4.34. The number of anilines is 1. The Bertz CT molecular complexity index is 1030. The van der Waals surface area contributed by atoms with Gasteiger partial charge in [-0.05, 0) is 61.4 Å².